The molecule has 4 rings (SSSR count). The molecule has 4 fully saturated rings. The smallest absolute Gasteiger partial charge is 0.337 e. The number of esters is 3. The second-order valence-electron chi connectivity index (χ2n) is 10.4. The SMILES string of the molecule is CC(=O)O[C@@H]1COC(=O)/C1=C/CC1C2(CCC3[C@]1(C)CC[C@@H](OC(C)=O)[C@@]3(C)CO)CO2. The number of carbonyl (C=O) groups excluding carboxylic acids is 3. The predicted octanol–water partition coefficient (Wildman–Crippen LogP) is 2.32. The Hall–Kier alpha value is -1.93. The molecular formula is C24H34O8. The second kappa shape index (κ2) is 8.13. The van der Waals surface area contributed by atoms with E-state index in [4.69, 9.17) is 18.9 Å². The van der Waals surface area contributed by atoms with Crippen LogP contribution in [0.1, 0.15) is 59.8 Å². The van der Waals surface area contributed by atoms with E-state index in [1.165, 1.54) is 13.8 Å². The fraction of sp³-hybridized carbons (Fsp3) is 0.792. The highest BCUT2D eigenvalue weighted by Gasteiger charge is 2.67. The van der Waals surface area contributed by atoms with Gasteiger partial charge in [0.05, 0.1) is 24.4 Å². The van der Waals surface area contributed by atoms with Crippen LogP contribution in [0.15, 0.2) is 11.6 Å². The van der Waals surface area contributed by atoms with Crippen molar-refractivity contribution in [2.75, 3.05) is 19.8 Å². The van der Waals surface area contributed by atoms with E-state index in [0.29, 0.717) is 25.0 Å². The van der Waals surface area contributed by atoms with E-state index < -0.39 is 23.5 Å². The van der Waals surface area contributed by atoms with E-state index in [2.05, 4.69) is 6.92 Å². The van der Waals surface area contributed by atoms with Crippen molar-refractivity contribution in [1.29, 1.82) is 0 Å². The molecule has 8 heteroatoms. The Morgan fingerprint density at radius 2 is 1.84 bits per heavy atom. The van der Waals surface area contributed by atoms with Gasteiger partial charge in [-0.3, -0.25) is 9.59 Å². The van der Waals surface area contributed by atoms with Crippen LogP contribution >= 0.6 is 0 Å². The zero-order valence-electron chi connectivity index (χ0n) is 19.3. The third kappa shape index (κ3) is 3.75. The Morgan fingerprint density at radius 1 is 1.16 bits per heavy atom. The van der Waals surface area contributed by atoms with Gasteiger partial charge in [-0.15, -0.1) is 0 Å². The first kappa shape index (κ1) is 23.2. The van der Waals surface area contributed by atoms with Crippen molar-refractivity contribution in [2.45, 2.75) is 77.6 Å². The van der Waals surface area contributed by atoms with Gasteiger partial charge in [0.15, 0.2) is 6.10 Å². The molecule has 1 N–H and O–H groups in total. The molecule has 7 atom stereocenters. The van der Waals surface area contributed by atoms with Gasteiger partial charge in [0.25, 0.3) is 0 Å². The standard InChI is InChI=1S/C24H34O8/c1-14(26)31-17-11-29-21(28)16(17)5-6-19-22(3)9-8-20(32-15(2)27)23(4,12-25)18(22)7-10-24(19)13-30-24/h5,17-20,25H,6-13H2,1-4H3/b16-5+/t17-,18?,19?,20-,22+,23+,24?/m1/s1. The first-order valence-electron chi connectivity index (χ1n) is 11.5. The number of rotatable bonds is 5. The van der Waals surface area contributed by atoms with E-state index in [1.807, 2.05) is 13.0 Å². The maximum atomic E-state index is 12.3. The molecule has 2 aliphatic carbocycles. The number of hydrogen-bond acceptors (Lipinski definition) is 8. The third-order valence-electron chi connectivity index (χ3n) is 8.55. The zero-order valence-corrected chi connectivity index (χ0v) is 19.3. The van der Waals surface area contributed by atoms with Crippen molar-refractivity contribution in [1.82, 2.24) is 0 Å². The maximum absolute atomic E-state index is 12.3. The Kier molecular flexibility index (Phi) is 5.91. The predicted molar refractivity (Wildman–Crippen MR) is 112 cm³/mol. The zero-order chi connectivity index (χ0) is 23.3. The van der Waals surface area contributed by atoms with Crippen molar-refractivity contribution in [2.24, 2.45) is 22.7 Å². The molecule has 0 amide bonds. The molecule has 2 aliphatic heterocycles. The Bertz CT molecular complexity index is 830. The van der Waals surface area contributed by atoms with Gasteiger partial charge in [0.2, 0.25) is 0 Å². The fourth-order valence-corrected chi connectivity index (χ4v) is 6.91. The van der Waals surface area contributed by atoms with Crippen molar-refractivity contribution in [3.63, 3.8) is 0 Å². The number of cyclic esters (lactones) is 1. The van der Waals surface area contributed by atoms with Crippen molar-refractivity contribution < 1.29 is 38.4 Å². The van der Waals surface area contributed by atoms with Gasteiger partial charge in [0, 0.05) is 19.3 Å². The van der Waals surface area contributed by atoms with Gasteiger partial charge in [-0.25, -0.2) is 4.79 Å². The second-order valence-corrected chi connectivity index (χ2v) is 10.4. The van der Waals surface area contributed by atoms with Gasteiger partial charge < -0.3 is 24.1 Å². The lowest BCUT2D eigenvalue weighted by Gasteiger charge is -2.61. The highest BCUT2D eigenvalue weighted by atomic mass is 16.6. The largest absolute Gasteiger partial charge is 0.462 e. The summed E-state index contributed by atoms with van der Waals surface area (Å²) >= 11 is 0. The number of epoxide rings is 1. The summed E-state index contributed by atoms with van der Waals surface area (Å²) in [6.45, 7) is 7.67. The van der Waals surface area contributed by atoms with Gasteiger partial charge >= 0.3 is 17.9 Å². The molecule has 0 aromatic rings. The number of fused-ring (bicyclic) bond motifs is 1. The molecular weight excluding hydrogens is 416 g/mol. The van der Waals surface area contributed by atoms with Crippen LogP contribution in [0.5, 0.6) is 0 Å². The summed E-state index contributed by atoms with van der Waals surface area (Å²) in [5, 5.41) is 10.4. The normalized spacial score (nSPS) is 44.2. The molecule has 2 saturated heterocycles. The number of aliphatic hydroxyl groups excluding tert-OH is 1. The average molecular weight is 451 g/mol. The average Bonchev–Trinajstić information content (AvgIpc) is 3.41. The minimum absolute atomic E-state index is 0.0447. The minimum Gasteiger partial charge on any atom is -0.462 e. The van der Waals surface area contributed by atoms with Crippen LogP contribution in [0.4, 0.5) is 0 Å². The molecule has 0 bridgehead atoms. The van der Waals surface area contributed by atoms with E-state index in [1.54, 1.807) is 0 Å². The summed E-state index contributed by atoms with van der Waals surface area (Å²) in [6, 6.07) is 0. The number of allylic oxidation sites excluding steroid dienone is 1. The lowest BCUT2D eigenvalue weighted by molar-refractivity contribution is -0.196. The van der Waals surface area contributed by atoms with Crippen LogP contribution in [0.25, 0.3) is 0 Å². The lowest BCUT2D eigenvalue weighted by Crippen LogP contribution is -2.61. The number of hydrogen-bond donors (Lipinski definition) is 1. The maximum Gasteiger partial charge on any atom is 0.337 e. The monoisotopic (exact) mass is 450 g/mol. The van der Waals surface area contributed by atoms with Crippen LogP contribution < -0.4 is 0 Å². The van der Waals surface area contributed by atoms with Crippen molar-refractivity contribution >= 4 is 17.9 Å². The quantitative estimate of drug-likeness (QED) is 0.294. The van der Waals surface area contributed by atoms with Crippen LogP contribution in [0.3, 0.4) is 0 Å². The highest BCUT2D eigenvalue weighted by molar-refractivity contribution is 5.92. The van der Waals surface area contributed by atoms with Crippen LogP contribution in [0, 0.1) is 22.7 Å². The van der Waals surface area contributed by atoms with Gasteiger partial charge in [0.1, 0.15) is 12.7 Å². The van der Waals surface area contributed by atoms with Crippen LogP contribution in [0.2, 0.25) is 0 Å². The molecule has 32 heavy (non-hydrogen) atoms. The number of carbonyl (C=O) groups is 3. The summed E-state index contributed by atoms with van der Waals surface area (Å²) in [5.74, 6) is -0.965. The molecule has 1 spiro atoms. The minimum atomic E-state index is -0.675. The molecule has 3 unspecified atom stereocenters. The Balaban J connectivity index is 1.63. The summed E-state index contributed by atoms with van der Waals surface area (Å²) in [6.07, 6.45) is 4.71. The van der Waals surface area contributed by atoms with Crippen LogP contribution in [-0.4, -0.2) is 60.6 Å². The van der Waals surface area contributed by atoms with Crippen LogP contribution in [-0.2, 0) is 33.3 Å². The first-order chi connectivity index (χ1) is 15.1. The summed E-state index contributed by atoms with van der Waals surface area (Å²) in [5.41, 5.74) is -0.556. The van der Waals surface area contributed by atoms with Crippen molar-refractivity contribution in [3.05, 3.63) is 11.6 Å². The van der Waals surface area contributed by atoms with Gasteiger partial charge in [-0.1, -0.05) is 19.9 Å². The highest BCUT2D eigenvalue weighted by Crippen LogP contribution is 2.66. The Labute approximate surface area is 188 Å². The molecule has 4 aliphatic rings. The first-order valence-corrected chi connectivity index (χ1v) is 11.5. The molecule has 8 nitrogen and oxygen atoms in total. The summed E-state index contributed by atoms with van der Waals surface area (Å²) in [4.78, 5) is 35.4. The molecule has 0 radical (unpaired) electrons. The topological polar surface area (TPSA) is 112 Å². The Morgan fingerprint density at radius 3 is 2.44 bits per heavy atom. The number of ether oxygens (including phenoxy) is 4. The summed E-state index contributed by atoms with van der Waals surface area (Å²) < 4.78 is 22.1. The van der Waals surface area contributed by atoms with E-state index in [0.717, 1.165) is 19.3 Å². The summed E-state index contributed by atoms with van der Waals surface area (Å²) in [7, 11) is 0. The molecule has 178 valence electrons. The number of aliphatic hydroxyl groups is 1. The molecule has 2 heterocycles. The van der Waals surface area contributed by atoms with Gasteiger partial charge in [-0.2, -0.15) is 0 Å². The van der Waals surface area contributed by atoms with Crippen molar-refractivity contribution in [3.8, 4) is 0 Å². The van der Waals surface area contributed by atoms with Gasteiger partial charge in [-0.05, 0) is 49.4 Å². The molecule has 2 saturated carbocycles. The van der Waals surface area contributed by atoms with E-state index in [9.17, 15) is 19.5 Å². The molecule has 0 aromatic heterocycles. The fourth-order valence-electron chi connectivity index (χ4n) is 6.91. The van der Waals surface area contributed by atoms with E-state index in [-0.39, 0.29) is 48.1 Å². The third-order valence-corrected chi connectivity index (χ3v) is 8.55. The lowest BCUT2D eigenvalue weighted by atomic mass is 9.45. The molecule has 0 aromatic carbocycles. The van der Waals surface area contributed by atoms with E-state index >= 15 is 0 Å².